The maximum atomic E-state index is 12.5. The first-order valence-corrected chi connectivity index (χ1v) is 8.52. The third kappa shape index (κ3) is 2.81. The molecule has 24 heavy (non-hydrogen) atoms. The molecule has 0 aliphatic heterocycles. The minimum absolute atomic E-state index is 0.0354. The summed E-state index contributed by atoms with van der Waals surface area (Å²) in [5.74, 6) is -0.0354. The Bertz CT molecular complexity index is 1050. The number of benzene rings is 3. The molecule has 4 rings (SSSR count). The van der Waals surface area contributed by atoms with Crippen LogP contribution in [0.15, 0.2) is 77.4 Å². The lowest BCUT2D eigenvalue weighted by atomic mass is 10.1. The van der Waals surface area contributed by atoms with E-state index in [4.69, 9.17) is 0 Å². The van der Waals surface area contributed by atoms with Crippen LogP contribution in [-0.2, 0) is 11.3 Å². The van der Waals surface area contributed by atoms with Crippen LogP contribution >= 0.6 is 15.9 Å². The maximum absolute atomic E-state index is 12.5. The Morgan fingerprint density at radius 3 is 2.71 bits per heavy atom. The van der Waals surface area contributed by atoms with Gasteiger partial charge in [-0.15, -0.1) is 0 Å². The second-order valence-electron chi connectivity index (χ2n) is 5.72. The molecule has 0 aliphatic carbocycles. The highest BCUT2D eigenvalue weighted by Gasteiger charge is 2.08. The van der Waals surface area contributed by atoms with Gasteiger partial charge in [-0.3, -0.25) is 4.79 Å². The molecule has 1 amide bonds. The highest BCUT2D eigenvalue weighted by Crippen LogP contribution is 2.24. The first-order valence-electron chi connectivity index (χ1n) is 7.73. The number of anilines is 1. The SMILES string of the molecule is O=C(Cn1ccc2cc(Br)ccc21)Nc1cccc2ccccc12. The van der Waals surface area contributed by atoms with Crippen LogP contribution in [0.4, 0.5) is 5.69 Å². The Balaban J connectivity index is 1.60. The maximum Gasteiger partial charge on any atom is 0.244 e. The van der Waals surface area contributed by atoms with Crippen LogP contribution in [0.1, 0.15) is 0 Å². The first-order chi connectivity index (χ1) is 11.7. The molecule has 3 nitrogen and oxygen atoms in total. The predicted octanol–water partition coefficient (Wildman–Crippen LogP) is 5.20. The number of aromatic nitrogens is 1. The summed E-state index contributed by atoms with van der Waals surface area (Å²) in [5, 5.41) is 6.31. The van der Waals surface area contributed by atoms with Gasteiger partial charge in [-0.2, -0.15) is 0 Å². The lowest BCUT2D eigenvalue weighted by Crippen LogP contribution is -2.18. The molecule has 0 bridgehead atoms. The monoisotopic (exact) mass is 378 g/mol. The highest BCUT2D eigenvalue weighted by molar-refractivity contribution is 9.10. The number of carbonyl (C=O) groups is 1. The molecule has 0 fully saturated rings. The zero-order chi connectivity index (χ0) is 16.5. The zero-order valence-corrected chi connectivity index (χ0v) is 14.5. The van der Waals surface area contributed by atoms with E-state index in [2.05, 4.69) is 27.3 Å². The standard InChI is InChI=1S/C20H15BrN2O/c21-16-8-9-19-15(12-16)10-11-23(19)13-20(24)22-18-7-3-5-14-4-1-2-6-17(14)18/h1-12H,13H2,(H,22,24). The van der Waals surface area contributed by atoms with Crippen LogP contribution in [0.25, 0.3) is 21.7 Å². The summed E-state index contributed by atoms with van der Waals surface area (Å²) < 4.78 is 3.00. The summed E-state index contributed by atoms with van der Waals surface area (Å²) in [5.41, 5.74) is 1.89. The lowest BCUT2D eigenvalue weighted by Gasteiger charge is -2.10. The van der Waals surface area contributed by atoms with Crippen molar-refractivity contribution < 1.29 is 4.79 Å². The van der Waals surface area contributed by atoms with Crippen molar-refractivity contribution in [1.82, 2.24) is 4.57 Å². The summed E-state index contributed by atoms with van der Waals surface area (Å²) in [6.45, 7) is 0.286. The molecule has 118 valence electrons. The van der Waals surface area contributed by atoms with Crippen molar-refractivity contribution in [2.75, 3.05) is 5.32 Å². The number of hydrogen-bond acceptors (Lipinski definition) is 1. The van der Waals surface area contributed by atoms with E-state index in [-0.39, 0.29) is 12.5 Å². The van der Waals surface area contributed by atoms with Gasteiger partial charge < -0.3 is 9.88 Å². The molecule has 0 radical (unpaired) electrons. The van der Waals surface area contributed by atoms with E-state index in [1.165, 1.54) is 0 Å². The van der Waals surface area contributed by atoms with Crippen molar-refractivity contribution in [3.63, 3.8) is 0 Å². The van der Waals surface area contributed by atoms with Gasteiger partial charge in [-0.1, -0.05) is 52.3 Å². The Morgan fingerprint density at radius 2 is 1.79 bits per heavy atom. The van der Waals surface area contributed by atoms with Gasteiger partial charge in [0.15, 0.2) is 0 Å². The molecular formula is C20H15BrN2O. The fourth-order valence-corrected chi connectivity index (χ4v) is 3.37. The van der Waals surface area contributed by atoms with Gasteiger partial charge in [0.1, 0.15) is 6.54 Å². The first kappa shape index (κ1) is 15.0. The summed E-state index contributed by atoms with van der Waals surface area (Å²) in [6.07, 6.45) is 1.94. The molecule has 1 heterocycles. The fraction of sp³-hybridized carbons (Fsp3) is 0.0500. The third-order valence-corrected chi connectivity index (χ3v) is 4.60. The molecule has 0 atom stereocenters. The molecule has 1 N–H and O–H groups in total. The molecule has 0 saturated carbocycles. The molecule has 0 aliphatic rings. The van der Waals surface area contributed by atoms with E-state index in [9.17, 15) is 4.79 Å². The molecule has 4 aromatic rings. The van der Waals surface area contributed by atoms with Crippen LogP contribution in [0.3, 0.4) is 0 Å². The molecule has 0 saturated heterocycles. The largest absolute Gasteiger partial charge is 0.338 e. The summed E-state index contributed by atoms with van der Waals surface area (Å²) >= 11 is 3.47. The Kier molecular flexibility index (Phi) is 3.82. The van der Waals surface area contributed by atoms with Gasteiger partial charge >= 0.3 is 0 Å². The smallest absolute Gasteiger partial charge is 0.244 e. The van der Waals surface area contributed by atoms with Crippen LogP contribution in [0.2, 0.25) is 0 Å². The highest BCUT2D eigenvalue weighted by atomic mass is 79.9. The van der Waals surface area contributed by atoms with E-state index in [1.807, 2.05) is 71.4 Å². The van der Waals surface area contributed by atoms with Gasteiger partial charge in [-0.25, -0.2) is 0 Å². The molecule has 1 aromatic heterocycles. The number of hydrogen-bond donors (Lipinski definition) is 1. The van der Waals surface area contributed by atoms with Gasteiger partial charge in [0, 0.05) is 32.6 Å². The van der Waals surface area contributed by atoms with Crippen LogP contribution in [-0.4, -0.2) is 10.5 Å². The number of nitrogens with one attached hydrogen (secondary N) is 1. The number of halogens is 1. The number of nitrogens with zero attached hydrogens (tertiary/aromatic N) is 1. The quantitative estimate of drug-likeness (QED) is 0.522. The number of carbonyl (C=O) groups excluding carboxylic acids is 1. The second-order valence-corrected chi connectivity index (χ2v) is 6.64. The Hall–Kier alpha value is -2.59. The number of fused-ring (bicyclic) bond motifs is 2. The minimum atomic E-state index is -0.0354. The molecule has 4 heteroatoms. The van der Waals surface area contributed by atoms with Gasteiger partial charge in [0.05, 0.1) is 0 Å². The van der Waals surface area contributed by atoms with Crippen molar-refractivity contribution in [3.05, 3.63) is 77.4 Å². The lowest BCUT2D eigenvalue weighted by molar-refractivity contribution is -0.116. The van der Waals surface area contributed by atoms with Gasteiger partial charge in [0.25, 0.3) is 0 Å². The normalized spacial score (nSPS) is 11.0. The fourth-order valence-electron chi connectivity index (χ4n) is 2.99. The summed E-state index contributed by atoms with van der Waals surface area (Å²) in [7, 11) is 0. The van der Waals surface area contributed by atoms with Crippen molar-refractivity contribution in [2.45, 2.75) is 6.54 Å². The third-order valence-electron chi connectivity index (χ3n) is 4.11. The molecule has 0 spiro atoms. The van der Waals surface area contributed by atoms with Gasteiger partial charge in [-0.05, 0) is 35.7 Å². The van der Waals surface area contributed by atoms with Crippen LogP contribution < -0.4 is 5.32 Å². The Labute approximate surface area is 148 Å². The number of amides is 1. The minimum Gasteiger partial charge on any atom is -0.338 e. The zero-order valence-electron chi connectivity index (χ0n) is 12.9. The van der Waals surface area contributed by atoms with E-state index in [0.29, 0.717) is 0 Å². The summed E-state index contributed by atoms with van der Waals surface area (Å²) in [6, 6.07) is 22.1. The second kappa shape index (κ2) is 6.13. The number of rotatable bonds is 3. The van der Waals surface area contributed by atoms with E-state index < -0.39 is 0 Å². The van der Waals surface area contributed by atoms with Gasteiger partial charge in [0.2, 0.25) is 5.91 Å². The molecule has 0 unspecified atom stereocenters. The van der Waals surface area contributed by atoms with Crippen LogP contribution in [0, 0.1) is 0 Å². The molecule has 3 aromatic carbocycles. The van der Waals surface area contributed by atoms with Crippen molar-refractivity contribution in [2.24, 2.45) is 0 Å². The van der Waals surface area contributed by atoms with E-state index in [0.717, 1.165) is 31.8 Å². The van der Waals surface area contributed by atoms with Crippen molar-refractivity contribution in [1.29, 1.82) is 0 Å². The average Bonchev–Trinajstić information content (AvgIpc) is 2.97. The van der Waals surface area contributed by atoms with Crippen LogP contribution in [0.5, 0.6) is 0 Å². The van der Waals surface area contributed by atoms with Crippen molar-refractivity contribution >= 4 is 49.2 Å². The van der Waals surface area contributed by atoms with Crippen molar-refractivity contribution in [3.8, 4) is 0 Å². The van der Waals surface area contributed by atoms with E-state index in [1.54, 1.807) is 0 Å². The molecular weight excluding hydrogens is 364 g/mol. The topological polar surface area (TPSA) is 34.0 Å². The van der Waals surface area contributed by atoms with E-state index >= 15 is 0 Å². The summed E-state index contributed by atoms with van der Waals surface area (Å²) in [4.78, 5) is 12.5. The Morgan fingerprint density at radius 1 is 0.958 bits per heavy atom. The average molecular weight is 379 g/mol. The predicted molar refractivity (Wildman–Crippen MR) is 102 cm³/mol.